The first kappa shape index (κ1) is 16.9. The molecule has 2 aromatic rings. The van der Waals surface area contributed by atoms with E-state index < -0.39 is 16.0 Å². The third-order valence-corrected chi connectivity index (χ3v) is 4.47. The van der Waals surface area contributed by atoms with E-state index in [1.54, 1.807) is 38.2 Å². The summed E-state index contributed by atoms with van der Waals surface area (Å²) < 4.78 is 38.6. The Morgan fingerprint density at radius 3 is 2.48 bits per heavy atom. The molecule has 7 nitrogen and oxygen atoms in total. The number of hydrogen-bond acceptors (Lipinski definition) is 5. The number of carbonyl (C=O) groups excluding carboxylic acids is 1. The van der Waals surface area contributed by atoms with Gasteiger partial charge in [-0.25, -0.2) is 13.2 Å². The van der Waals surface area contributed by atoms with Crippen LogP contribution in [-0.4, -0.2) is 32.7 Å². The number of sulfonamides is 1. The summed E-state index contributed by atoms with van der Waals surface area (Å²) in [4.78, 5) is 11.7. The summed E-state index contributed by atoms with van der Waals surface area (Å²) >= 11 is 0. The number of aromatic nitrogens is 1. The zero-order chi connectivity index (χ0) is 17.0. The van der Waals surface area contributed by atoms with Gasteiger partial charge < -0.3 is 14.0 Å². The predicted molar refractivity (Wildman–Crippen MR) is 85.2 cm³/mol. The van der Waals surface area contributed by atoms with Gasteiger partial charge in [0.05, 0.1) is 13.7 Å². The lowest BCUT2D eigenvalue weighted by Crippen LogP contribution is -2.12. The summed E-state index contributed by atoms with van der Waals surface area (Å²) in [7, 11) is -0.693. The Bertz CT molecular complexity index is 794. The van der Waals surface area contributed by atoms with Crippen LogP contribution in [0.1, 0.15) is 17.4 Å². The molecule has 0 saturated heterocycles. The fraction of sp³-hybridized carbons (Fsp3) is 0.267. The number of esters is 1. The molecule has 0 unspecified atom stereocenters. The van der Waals surface area contributed by atoms with Crippen molar-refractivity contribution in [3.05, 3.63) is 42.2 Å². The van der Waals surface area contributed by atoms with Crippen LogP contribution >= 0.6 is 0 Å². The molecule has 0 aliphatic heterocycles. The van der Waals surface area contributed by atoms with Crippen LogP contribution in [0.5, 0.6) is 5.75 Å². The maximum Gasteiger partial charge on any atom is 0.354 e. The Morgan fingerprint density at radius 2 is 1.91 bits per heavy atom. The standard InChI is InChI=1S/C15H18N2O5S/c1-4-22-15(18)14-9-13(10-17(14)2)23(19,20)16-11-5-7-12(21-3)8-6-11/h5-10,16H,4H2,1-3H3. The highest BCUT2D eigenvalue weighted by Gasteiger charge is 2.21. The first-order valence-corrected chi connectivity index (χ1v) is 8.36. The minimum absolute atomic E-state index is 0.0149. The second-order valence-electron chi connectivity index (χ2n) is 4.73. The monoisotopic (exact) mass is 338 g/mol. The van der Waals surface area contributed by atoms with Crippen LogP contribution in [0.15, 0.2) is 41.4 Å². The van der Waals surface area contributed by atoms with Crippen molar-refractivity contribution >= 4 is 21.7 Å². The first-order valence-electron chi connectivity index (χ1n) is 6.87. The fourth-order valence-corrected chi connectivity index (χ4v) is 3.09. The molecule has 0 fully saturated rings. The molecular weight excluding hydrogens is 320 g/mol. The molecule has 0 atom stereocenters. The van der Waals surface area contributed by atoms with E-state index in [1.807, 2.05) is 0 Å². The van der Waals surface area contributed by atoms with Gasteiger partial charge in [-0.3, -0.25) is 4.72 Å². The third-order valence-electron chi connectivity index (χ3n) is 3.12. The van der Waals surface area contributed by atoms with Gasteiger partial charge in [0.15, 0.2) is 0 Å². The summed E-state index contributed by atoms with van der Waals surface area (Å²) in [5.41, 5.74) is 0.564. The van der Waals surface area contributed by atoms with Gasteiger partial charge in [-0.15, -0.1) is 0 Å². The Kier molecular flexibility index (Phi) is 4.95. The molecule has 1 aromatic carbocycles. The van der Waals surface area contributed by atoms with Gasteiger partial charge in [-0.1, -0.05) is 0 Å². The molecule has 1 heterocycles. The summed E-state index contributed by atoms with van der Waals surface area (Å²) in [6.45, 7) is 1.90. The summed E-state index contributed by atoms with van der Waals surface area (Å²) in [5, 5.41) is 0. The minimum atomic E-state index is -3.80. The van der Waals surface area contributed by atoms with Crippen LogP contribution in [0.3, 0.4) is 0 Å². The Morgan fingerprint density at radius 1 is 1.26 bits per heavy atom. The SMILES string of the molecule is CCOC(=O)c1cc(S(=O)(=O)Nc2ccc(OC)cc2)cn1C. The second-order valence-corrected chi connectivity index (χ2v) is 6.41. The number of hydrogen-bond donors (Lipinski definition) is 1. The molecule has 0 radical (unpaired) electrons. The lowest BCUT2D eigenvalue weighted by molar-refractivity contribution is 0.0515. The number of aryl methyl sites for hydroxylation is 1. The molecule has 2 rings (SSSR count). The second kappa shape index (κ2) is 6.74. The van der Waals surface area contributed by atoms with E-state index in [1.165, 1.54) is 23.9 Å². The van der Waals surface area contributed by atoms with Crippen LogP contribution in [-0.2, 0) is 21.8 Å². The van der Waals surface area contributed by atoms with Gasteiger partial charge in [-0.2, -0.15) is 0 Å². The van der Waals surface area contributed by atoms with E-state index in [2.05, 4.69) is 4.72 Å². The minimum Gasteiger partial charge on any atom is -0.497 e. The molecule has 0 aliphatic rings. The highest BCUT2D eigenvalue weighted by molar-refractivity contribution is 7.92. The smallest absolute Gasteiger partial charge is 0.354 e. The van der Waals surface area contributed by atoms with Crippen LogP contribution in [0.2, 0.25) is 0 Å². The molecular formula is C15H18N2O5S. The quantitative estimate of drug-likeness (QED) is 0.814. The average Bonchev–Trinajstić information content (AvgIpc) is 2.91. The van der Waals surface area contributed by atoms with Crippen molar-refractivity contribution in [1.82, 2.24) is 4.57 Å². The third kappa shape index (κ3) is 3.84. The molecule has 124 valence electrons. The lowest BCUT2D eigenvalue weighted by atomic mass is 10.3. The first-order chi connectivity index (χ1) is 10.9. The molecule has 0 spiro atoms. The molecule has 0 amide bonds. The number of anilines is 1. The van der Waals surface area contributed by atoms with Crippen LogP contribution in [0.25, 0.3) is 0 Å². The summed E-state index contributed by atoms with van der Waals surface area (Å²) in [6.07, 6.45) is 1.36. The van der Waals surface area contributed by atoms with E-state index in [0.717, 1.165) is 0 Å². The van der Waals surface area contributed by atoms with Gasteiger partial charge in [0.2, 0.25) is 0 Å². The van der Waals surface area contributed by atoms with Crippen molar-refractivity contribution in [2.45, 2.75) is 11.8 Å². The molecule has 1 aromatic heterocycles. The van der Waals surface area contributed by atoms with Gasteiger partial charge in [0, 0.05) is 18.9 Å². The number of carbonyl (C=O) groups is 1. The zero-order valence-corrected chi connectivity index (χ0v) is 13.9. The Hall–Kier alpha value is -2.48. The molecule has 23 heavy (non-hydrogen) atoms. The maximum atomic E-state index is 12.4. The van der Waals surface area contributed by atoms with Gasteiger partial charge in [0.1, 0.15) is 16.3 Å². The van der Waals surface area contributed by atoms with E-state index >= 15 is 0 Å². The highest BCUT2D eigenvalue weighted by atomic mass is 32.2. The van der Waals surface area contributed by atoms with Crippen LogP contribution in [0.4, 0.5) is 5.69 Å². The van der Waals surface area contributed by atoms with Crippen LogP contribution < -0.4 is 9.46 Å². The lowest BCUT2D eigenvalue weighted by Gasteiger charge is -2.07. The predicted octanol–water partition coefficient (Wildman–Crippen LogP) is 2.01. The van der Waals surface area contributed by atoms with Gasteiger partial charge >= 0.3 is 5.97 Å². The maximum absolute atomic E-state index is 12.4. The number of methoxy groups -OCH3 is 1. The number of nitrogens with zero attached hydrogens (tertiary/aromatic N) is 1. The summed E-state index contributed by atoms with van der Waals surface area (Å²) in [6, 6.07) is 7.75. The summed E-state index contributed by atoms with van der Waals surface area (Å²) in [5.74, 6) is 0.0538. The molecule has 0 bridgehead atoms. The van der Waals surface area contributed by atoms with Gasteiger partial charge in [0.25, 0.3) is 10.0 Å². The average molecular weight is 338 g/mol. The number of nitrogens with one attached hydrogen (secondary N) is 1. The van der Waals surface area contributed by atoms with E-state index in [-0.39, 0.29) is 17.2 Å². The van der Waals surface area contributed by atoms with Crippen molar-refractivity contribution in [1.29, 1.82) is 0 Å². The van der Waals surface area contributed by atoms with Crippen molar-refractivity contribution in [3.8, 4) is 5.75 Å². The van der Waals surface area contributed by atoms with E-state index in [0.29, 0.717) is 11.4 Å². The number of benzene rings is 1. The molecule has 0 aliphatic carbocycles. The van der Waals surface area contributed by atoms with Crippen LogP contribution in [0, 0.1) is 0 Å². The van der Waals surface area contributed by atoms with Crippen molar-refractivity contribution in [3.63, 3.8) is 0 Å². The fourth-order valence-electron chi connectivity index (χ4n) is 1.96. The van der Waals surface area contributed by atoms with E-state index in [9.17, 15) is 13.2 Å². The van der Waals surface area contributed by atoms with Crippen molar-refractivity contribution < 1.29 is 22.7 Å². The molecule has 1 N–H and O–H groups in total. The highest BCUT2D eigenvalue weighted by Crippen LogP contribution is 2.21. The topological polar surface area (TPSA) is 86.6 Å². The Labute approximate surface area is 134 Å². The normalized spacial score (nSPS) is 11.1. The largest absolute Gasteiger partial charge is 0.497 e. The van der Waals surface area contributed by atoms with Crippen molar-refractivity contribution in [2.75, 3.05) is 18.4 Å². The Balaban J connectivity index is 2.25. The van der Waals surface area contributed by atoms with Gasteiger partial charge in [-0.05, 0) is 37.3 Å². The zero-order valence-electron chi connectivity index (χ0n) is 13.1. The van der Waals surface area contributed by atoms with Crippen molar-refractivity contribution in [2.24, 2.45) is 7.05 Å². The number of rotatable bonds is 6. The molecule has 8 heteroatoms. The molecule has 0 saturated carbocycles. The van der Waals surface area contributed by atoms with E-state index in [4.69, 9.17) is 9.47 Å². The number of ether oxygens (including phenoxy) is 2.